The van der Waals surface area contributed by atoms with Crippen molar-refractivity contribution in [2.75, 3.05) is 25.0 Å². The third kappa shape index (κ3) is 4.56. The minimum atomic E-state index is -0.0652. The maximum Gasteiger partial charge on any atom is 0.248 e. The molecular formula is C17H28N6O2. The fraction of sp³-hybridized carbons (Fsp3) is 0.765. The van der Waals surface area contributed by atoms with E-state index >= 15 is 0 Å². The Labute approximate surface area is 148 Å². The molecule has 8 nitrogen and oxygen atoms in total. The van der Waals surface area contributed by atoms with Gasteiger partial charge in [-0.05, 0) is 38.1 Å². The molecule has 138 valence electrons. The molecule has 3 rings (SSSR count). The number of nitrogens with one attached hydrogen (secondary N) is 1. The second kappa shape index (κ2) is 8.42. The second-order valence-corrected chi connectivity index (χ2v) is 7.08. The molecule has 1 aliphatic heterocycles. The highest BCUT2D eigenvalue weighted by molar-refractivity contribution is 5.91. The lowest BCUT2D eigenvalue weighted by atomic mass is 9.95. The maximum absolute atomic E-state index is 12.4. The van der Waals surface area contributed by atoms with Crippen LogP contribution >= 0.6 is 0 Å². The van der Waals surface area contributed by atoms with Crippen LogP contribution in [-0.2, 0) is 16.1 Å². The van der Waals surface area contributed by atoms with Gasteiger partial charge in [-0.3, -0.25) is 14.9 Å². The second-order valence-electron chi connectivity index (χ2n) is 7.08. The van der Waals surface area contributed by atoms with Gasteiger partial charge < -0.3 is 10.6 Å². The van der Waals surface area contributed by atoms with E-state index < -0.39 is 0 Å². The summed E-state index contributed by atoms with van der Waals surface area (Å²) in [6, 6.07) is 0. The van der Waals surface area contributed by atoms with Gasteiger partial charge in [0.1, 0.15) is 12.9 Å². The van der Waals surface area contributed by atoms with Crippen LogP contribution in [0.1, 0.15) is 44.9 Å². The summed E-state index contributed by atoms with van der Waals surface area (Å²) in [5.74, 6) is 0.437. The van der Waals surface area contributed by atoms with Crippen molar-refractivity contribution in [3.8, 4) is 0 Å². The Hall–Kier alpha value is -1.96. The van der Waals surface area contributed by atoms with Gasteiger partial charge in [-0.2, -0.15) is 0 Å². The number of carbonyl (C=O) groups is 2. The van der Waals surface area contributed by atoms with E-state index in [2.05, 4.69) is 15.4 Å². The minimum absolute atomic E-state index is 0.0589. The molecule has 25 heavy (non-hydrogen) atoms. The highest BCUT2D eigenvalue weighted by atomic mass is 16.2. The summed E-state index contributed by atoms with van der Waals surface area (Å²) in [5.41, 5.74) is 5.74. The number of hydrogen-bond acceptors (Lipinski definition) is 5. The molecule has 0 spiro atoms. The molecule has 0 aromatic carbocycles. The normalized spacial score (nSPS) is 24.1. The van der Waals surface area contributed by atoms with Gasteiger partial charge in [0.2, 0.25) is 17.8 Å². The molecule has 0 unspecified atom stereocenters. The van der Waals surface area contributed by atoms with Gasteiger partial charge >= 0.3 is 0 Å². The number of nitrogens with two attached hydrogens (primary N) is 1. The van der Waals surface area contributed by atoms with Crippen molar-refractivity contribution in [3.63, 3.8) is 0 Å². The summed E-state index contributed by atoms with van der Waals surface area (Å²) < 4.78 is 1.50. The van der Waals surface area contributed by atoms with Crippen LogP contribution in [0.2, 0.25) is 0 Å². The molecule has 1 saturated heterocycles. The zero-order valence-corrected chi connectivity index (χ0v) is 14.7. The highest BCUT2D eigenvalue weighted by Gasteiger charge is 2.32. The monoisotopic (exact) mass is 348 g/mol. The van der Waals surface area contributed by atoms with Gasteiger partial charge in [-0.25, -0.2) is 9.67 Å². The van der Waals surface area contributed by atoms with E-state index in [1.807, 2.05) is 4.90 Å². The molecule has 8 heteroatoms. The van der Waals surface area contributed by atoms with Crippen LogP contribution in [0.25, 0.3) is 0 Å². The van der Waals surface area contributed by atoms with Crippen LogP contribution in [0.15, 0.2) is 6.33 Å². The quantitative estimate of drug-likeness (QED) is 0.825. The number of nitrogens with zero attached hydrogens (tertiary/aromatic N) is 4. The first kappa shape index (κ1) is 17.8. The first-order valence-electron chi connectivity index (χ1n) is 9.35. The number of aromatic nitrogens is 3. The van der Waals surface area contributed by atoms with Gasteiger partial charge in [0.05, 0.1) is 0 Å². The molecule has 2 atom stereocenters. The summed E-state index contributed by atoms with van der Waals surface area (Å²) in [6.45, 7) is 2.33. The summed E-state index contributed by atoms with van der Waals surface area (Å²) in [4.78, 5) is 30.8. The van der Waals surface area contributed by atoms with Crippen molar-refractivity contribution < 1.29 is 9.59 Å². The van der Waals surface area contributed by atoms with Crippen LogP contribution in [0.5, 0.6) is 0 Å². The van der Waals surface area contributed by atoms with E-state index in [-0.39, 0.29) is 36.1 Å². The van der Waals surface area contributed by atoms with Crippen molar-refractivity contribution in [2.45, 2.75) is 51.5 Å². The first-order valence-corrected chi connectivity index (χ1v) is 9.35. The van der Waals surface area contributed by atoms with Crippen molar-refractivity contribution in [3.05, 3.63) is 6.33 Å². The van der Waals surface area contributed by atoms with E-state index in [1.54, 1.807) is 0 Å². The largest absolute Gasteiger partial charge is 0.341 e. The number of likely N-dealkylation sites (tertiary alicyclic amines) is 1. The molecule has 2 fully saturated rings. The van der Waals surface area contributed by atoms with E-state index in [1.165, 1.54) is 23.9 Å². The van der Waals surface area contributed by atoms with E-state index in [4.69, 9.17) is 5.73 Å². The SMILES string of the molecule is NC[C@H]1CCC[C@H]1C(=O)Nc1ncn(CC(=O)N2CCCCCC2)n1. The smallest absolute Gasteiger partial charge is 0.248 e. The van der Waals surface area contributed by atoms with Crippen LogP contribution in [0, 0.1) is 11.8 Å². The molecular weight excluding hydrogens is 320 g/mol. The van der Waals surface area contributed by atoms with Crippen LogP contribution in [0.3, 0.4) is 0 Å². The van der Waals surface area contributed by atoms with Gasteiger partial charge in [-0.1, -0.05) is 19.3 Å². The first-order chi connectivity index (χ1) is 12.2. The molecule has 1 aromatic rings. The standard InChI is InChI=1S/C17H28N6O2/c18-10-13-6-5-7-14(13)16(25)20-17-19-12-23(21-17)11-15(24)22-8-3-1-2-4-9-22/h12-14H,1-11,18H2,(H,20,21,25)/t13-,14-/m1/s1. The Morgan fingerprint density at radius 3 is 2.64 bits per heavy atom. The Bertz CT molecular complexity index is 594. The van der Waals surface area contributed by atoms with Gasteiger partial charge in [0, 0.05) is 19.0 Å². The topological polar surface area (TPSA) is 106 Å². The van der Waals surface area contributed by atoms with Gasteiger partial charge in [0.25, 0.3) is 0 Å². The maximum atomic E-state index is 12.4. The molecule has 1 saturated carbocycles. The molecule has 1 aliphatic carbocycles. The Morgan fingerprint density at radius 1 is 1.16 bits per heavy atom. The van der Waals surface area contributed by atoms with Crippen molar-refractivity contribution in [1.82, 2.24) is 19.7 Å². The average molecular weight is 348 g/mol. The fourth-order valence-corrected chi connectivity index (χ4v) is 3.85. The molecule has 2 amide bonds. The summed E-state index contributed by atoms with van der Waals surface area (Å²) in [5, 5.41) is 6.99. The average Bonchev–Trinajstić information content (AvgIpc) is 3.16. The predicted molar refractivity (Wildman–Crippen MR) is 93.6 cm³/mol. The predicted octanol–water partition coefficient (Wildman–Crippen LogP) is 0.994. The number of hydrogen-bond donors (Lipinski definition) is 2. The Kier molecular flexibility index (Phi) is 6.01. The molecule has 1 aromatic heterocycles. The van der Waals surface area contributed by atoms with Crippen molar-refractivity contribution in [1.29, 1.82) is 0 Å². The fourth-order valence-electron chi connectivity index (χ4n) is 3.85. The highest BCUT2D eigenvalue weighted by Crippen LogP contribution is 2.31. The van der Waals surface area contributed by atoms with E-state index in [0.717, 1.165) is 45.2 Å². The number of carbonyl (C=O) groups excluding carboxylic acids is 2. The minimum Gasteiger partial charge on any atom is -0.341 e. The third-order valence-corrected chi connectivity index (χ3v) is 5.33. The van der Waals surface area contributed by atoms with Gasteiger partial charge in [0.15, 0.2) is 0 Å². The Morgan fingerprint density at radius 2 is 1.92 bits per heavy atom. The Balaban J connectivity index is 1.53. The lowest BCUT2D eigenvalue weighted by Crippen LogP contribution is -2.34. The number of rotatable bonds is 5. The summed E-state index contributed by atoms with van der Waals surface area (Å²) in [6.07, 6.45) is 8.90. The molecule has 2 heterocycles. The summed E-state index contributed by atoms with van der Waals surface area (Å²) >= 11 is 0. The lowest BCUT2D eigenvalue weighted by molar-refractivity contribution is -0.132. The van der Waals surface area contributed by atoms with Crippen LogP contribution < -0.4 is 11.1 Å². The van der Waals surface area contributed by atoms with Crippen molar-refractivity contribution in [2.24, 2.45) is 17.6 Å². The molecule has 2 aliphatic rings. The van der Waals surface area contributed by atoms with Crippen LogP contribution in [-0.4, -0.2) is 51.1 Å². The van der Waals surface area contributed by atoms with Crippen molar-refractivity contribution >= 4 is 17.8 Å². The van der Waals surface area contributed by atoms with E-state index in [0.29, 0.717) is 6.54 Å². The lowest BCUT2D eigenvalue weighted by Gasteiger charge is -2.19. The third-order valence-electron chi connectivity index (χ3n) is 5.33. The summed E-state index contributed by atoms with van der Waals surface area (Å²) in [7, 11) is 0. The number of amides is 2. The van der Waals surface area contributed by atoms with Crippen LogP contribution in [0.4, 0.5) is 5.95 Å². The molecule has 3 N–H and O–H groups in total. The van der Waals surface area contributed by atoms with Gasteiger partial charge in [-0.15, -0.1) is 5.10 Å². The zero-order valence-electron chi connectivity index (χ0n) is 14.7. The van der Waals surface area contributed by atoms with E-state index in [9.17, 15) is 9.59 Å². The zero-order chi connectivity index (χ0) is 17.6. The molecule has 0 radical (unpaired) electrons. The molecule has 0 bridgehead atoms. The number of anilines is 1.